The van der Waals surface area contributed by atoms with E-state index in [1.165, 1.54) is 0 Å². The molecule has 34 heavy (non-hydrogen) atoms. The van der Waals surface area contributed by atoms with Crippen molar-refractivity contribution in [3.8, 4) is 45.5 Å². The predicted octanol–water partition coefficient (Wildman–Crippen LogP) is 6.10. The Morgan fingerprint density at radius 1 is 1.00 bits per heavy atom. The van der Waals surface area contributed by atoms with E-state index in [1.807, 2.05) is 42.5 Å². The highest BCUT2D eigenvalue weighted by Crippen LogP contribution is 2.41. The van der Waals surface area contributed by atoms with Crippen molar-refractivity contribution in [2.75, 3.05) is 20.8 Å². The first-order chi connectivity index (χ1) is 16.4. The molecule has 0 bridgehead atoms. The molecule has 4 rings (SSSR count). The smallest absolute Gasteiger partial charge is 0.341 e. The molecule has 0 radical (unpaired) electrons. The monoisotopic (exact) mass is 542 g/mol. The molecule has 0 amide bonds. The van der Waals surface area contributed by atoms with Crippen molar-refractivity contribution in [3.63, 3.8) is 0 Å². The van der Waals surface area contributed by atoms with Crippen LogP contribution in [0.1, 0.15) is 0 Å². The summed E-state index contributed by atoms with van der Waals surface area (Å²) in [5.74, 6) is 0.454. The summed E-state index contributed by atoms with van der Waals surface area (Å²) >= 11 is 9.75. The van der Waals surface area contributed by atoms with Gasteiger partial charge in [0, 0.05) is 20.6 Å². The van der Waals surface area contributed by atoms with Crippen molar-refractivity contribution in [2.45, 2.75) is 0 Å². The molecule has 4 aromatic rings. The highest BCUT2D eigenvalue weighted by Gasteiger charge is 2.21. The second-order valence-corrected chi connectivity index (χ2v) is 8.52. The quantitative estimate of drug-likeness (QED) is 0.289. The molecule has 0 atom stereocenters. The summed E-state index contributed by atoms with van der Waals surface area (Å²) in [5.41, 5.74) is 3.41. The van der Waals surface area contributed by atoms with Gasteiger partial charge in [-0.15, -0.1) is 0 Å². The van der Waals surface area contributed by atoms with Crippen LogP contribution in [0.4, 0.5) is 0 Å². The van der Waals surface area contributed by atoms with Gasteiger partial charge in [0.2, 0.25) is 0 Å². The van der Waals surface area contributed by atoms with Crippen molar-refractivity contribution in [1.29, 1.82) is 0 Å². The Balaban J connectivity index is 1.96. The fourth-order valence-electron chi connectivity index (χ4n) is 3.57. The van der Waals surface area contributed by atoms with Gasteiger partial charge in [0.25, 0.3) is 0 Å². The van der Waals surface area contributed by atoms with Gasteiger partial charge < -0.3 is 19.3 Å². The lowest BCUT2D eigenvalue weighted by Crippen LogP contribution is -2.10. The number of methoxy groups -OCH3 is 2. The van der Waals surface area contributed by atoms with E-state index >= 15 is 0 Å². The highest BCUT2D eigenvalue weighted by atomic mass is 79.9. The molecular formula is C25H20BrClN2O5. The maximum absolute atomic E-state index is 11.1. The highest BCUT2D eigenvalue weighted by molar-refractivity contribution is 9.10. The molecule has 0 saturated heterocycles. The number of benzene rings is 3. The van der Waals surface area contributed by atoms with E-state index in [-0.39, 0.29) is 0 Å². The summed E-state index contributed by atoms with van der Waals surface area (Å²) in [7, 11) is 3.16. The average molecular weight is 544 g/mol. The minimum Gasteiger partial charge on any atom is -0.493 e. The van der Waals surface area contributed by atoms with E-state index in [9.17, 15) is 4.79 Å². The third-order valence-electron chi connectivity index (χ3n) is 5.01. The van der Waals surface area contributed by atoms with Gasteiger partial charge in [-0.2, -0.15) is 5.10 Å². The molecule has 0 fully saturated rings. The Morgan fingerprint density at radius 3 is 2.50 bits per heavy atom. The molecule has 0 aliphatic heterocycles. The van der Waals surface area contributed by atoms with Crippen LogP contribution in [0.15, 0.2) is 71.2 Å². The van der Waals surface area contributed by atoms with E-state index in [2.05, 4.69) is 15.9 Å². The molecule has 1 aromatic heterocycles. The molecule has 1 heterocycles. The predicted molar refractivity (Wildman–Crippen MR) is 133 cm³/mol. The van der Waals surface area contributed by atoms with Gasteiger partial charge in [-0.05, 0) is 54.6 Å². The Hall–Kier alpha value is -3.49. The Bertz CT molecular complexity index is 1360. The number of aliphatic carboxylic acids is 1. The van der Waals surface area contributed by atoms with Gasteiger partial charge in [0.1, 0.15) is 5.75 Å². The van der Waals surface area contributed by atoms with Crippen LogP contribution in [0.25, 0.3) is 28.2 Å². The zero-order valence-electron chi connectivity index (χ0n) is 18.3. The Morgan fingerprint density at radius 2 is 1.79 bits per heavy atom. The van der Waals surface area contributed by atoms with Gasteiger partial charge in [-0.1, -0.05) is 39.7 Å². The minimum atomic E-state index is -1.07. The van der Waals surface area contributed by atoms with Gasteiger partial charge >= 0.3 is 5.97 Å². The van der Waals surface area contributed by atoms with Crippen LogP contribution in [0, 0.1) is 0 Å². The number of hydrogen-bond acceptors (Lipinski definition) is 5. The molecule has 3 aromatic carbocycles. The molecule has 1 N–H and O–H groups in total. The zero-order valence-corrected chi connectivity index (χ0v) is 20.6. The Kier molecular flexibility index (Phi) is 7.09. The number of halogens is 2. The molecule has 174 valence electrons. The van der Waals surface area contributed by atoms with Gasteiger partial charge in [0.05, 0.1) is 31.3 Å². The molecule has 0 saturated carbocycles. The van der Waals surface area contributed by atoms with Crippen LogP contribution in [-0.4, -0.2) is 41.7 Å². The van der Waals surface area contributed by atoms with Gasteiger partial charge in [-0.3, -0.25) is 0 Å². The van der Waals surface area contributed by atoms with Crippen molar-refractivity contribution in [3.05, 3.63) is 76.2 Å². The molecule has 0 aliphatic carbocycles. The summed E-state index contributed by atoms with van der Waals surface area (Å²) in [6.07, 6.45) is 0. The summed E-state index contributed by atoms with van der Waals surface area (Å²) in [4.78, 5) is 11.1. The first-order valence-electron chi connectivity index (χ1n) is 10.1. The lowest BCUT2D eigenvalue weighted by Gasteiger charge is -2.14. The number of carbonyl (C=O) groups is 1. The van der Waals surface area contributed by atoms with Crippen LogP contribution in [0.5, 0.6) is 17.2 Å². The summed E-state index contributed by atoms with van der Waals surface area (Å²) < 4.78 is 19.2. The number of hydrogen-bond donors (Lipinski definition) is 1. The van der Waals surface area contributed by atoms with Crippen LogP contribution < -0.4 is 14.2 Å². The minimum absolute atomic E-state index is 0.394. The van der Waals surface area contributed by atoms with Gasteiger partial charge in [-0.25, -0.2) is 9.48 Å². The normalized spacial score (nSPS) is 10.7. The first kappa shape index (κ1) is 23.7. The topological polar surface area (TPSA) is 82.8 Å². The molecule has 0 spiro atoms. The molecular weight excluding hydrogens is 524 g/mol. The maximum Gasteiger partial charge on any atom is 0.341 e. The van der Waals surface area contributed by atoms with Crippen molar-refractivity contribution < 1.29 is 24.1 Å². The summed E-state index contributed by atoms with van der Waals surface area (Å²) in [6.45, 7) is -0.472. The molecule has 9 heteroatoms. The van der Waals surface area contributed by atoms with Crippen molar-refractivity contribution in [2.24, 2.45) is 0 Å². The number of rotatable bonds is 8. The van der Waals surface area contributed by atoms with E-state index in [4.69, 9.17) is 36.0 Å². The molecule has 0 unspecified atom stereocenters. The van der Waals surface area contributed by atoms with E-state index < -0.39 is 12.6 Å². The zero-order chi connectivity index (χ0) is 24.2. The summed E-state index contributed by atoms with van der Waals surface area (Å²) in [6, 6.07) is 20.1. The van der Waals surface area contributed by atoms with E-state index in [0.717, 1.165) is 21.4 Å². The van der Waals surface area contributed by atoms with Crippen LogP contribution in [0.2, 0.25) is 5.02 Å². The second kappa shape index (κ2) is 10.2. The molecule has 0 aliphatic rings. The van der Waals surface area contributed by atoms with E-state index in [1.54, 1.807) is 43.2 Å². The maximum atomic E-state index is 11.1. The largest absolute Gasteiger partial charge is 0.493 e. The lowest BCUT2D eigenvalue weighted by molar-refractivity contribution is -0.139. The Labute approximate surface area is 209 Å². The molecule has 7 nitrogen and oxygen atoms in total. The second-order valence-electron chi connectivity index (χ2n) is 7.17. The van der Waals surface area contributed by atoms with Gasteiger partial charge in [0.15, 0.2) is 18.1 Å². The average Bonchev–Trinajstić information content (AvgIpc) is 3.27. The fourth-order valence-corrected chi connectivity index (χ4v) is 4.11. The lowest BCUT2D eigenvalue weighted by atomic mass is 10.1. The number of carboxylic acids is 1. The van der Waals surface area contributed by atoms with Crippen LogP contribution in [0.3, 0.4) is 0 Å². The third-order valence-corrected chi connectivity index (χ3v) is 5.74. The number of ether oxygens (including phenoxy) is 3. The fraction of sp³-hybridized carbons (Fsp3) is 0.120. The number of para-hydroxylation sites is 1. The number of nitrogens with zero attached hydrogens (tertiary/aromatic N) is 2. The third kappa shape index (κ3) is 4.88. The number of carboxylic acid groups (broad SMARTS) is 1. The number of aromatic nitrogens is 2. The standard InChI is InChI=1S/C25H20BrClN2O5/c1-32-23-8-4-7-18(25(23)33-2)21-13-20(28-29(21)17-6-3-5-16(27)12-17)19-11-15(26)9-10-22(19)34-14-24(30)31/h3-13H,14H2,1-2H3,(H,30,31). The van der Waals surface area contributed by atoms with Crippen molar-refractivity contribution >= 4 is 33.5 Å². The SMILES string of the molecule is COc1cccc(-c2cc(-c3cc(Br)ccc3OCC(=O)O)nn2-c2cccc(Cl)c2)c1OC. The summed E-state index contributed by atoms with van der Waals surface area (Å²) in [5, 5.41) is 14.5. The van der Waals surface area contributed by atoms with Crippen molar-refractivity contribution in [1.82, 2.24) is 9.78 Å². The van der Waals surface area contributed by atoms with E-state index in [0.29, 0.717) is 33.5 Å². The first-order valence-corrected chi connectivity index (χ1v) is 11.3. The van der Waals surface area contributed by atoms with Crippen LogP contribution >= 0.6 is 27.5 Å². The van der Waals surface area contributed by atoms with Crippen LogP contribution in [-0.2, 0) is 4.79 Å².